The molecule has 0 fully saturated rings. The van der Waals surface area contributed by atoms with Gasteiger partial charge in [-0.3, -0.25) is 0 Å². The Morgan fingerprint density at radius 3 is 1.29 bits per heavy atom. The average Bonchev–Trinajstić information content (AvgIpc) is 3.60. The van der Waals surface area contributed by atoms with Crippen LogP contribution in [-0.4, -0.2) is 0 Å². The van der Waals surface area contributed by atoms with Gasteiger partial charge in [-0.05, 0) is 119 Å². The third-order valence-electron chi connectivity index (χ3n) is 13.2. The first-order valence-electron chi connectivity index (χ1n) is 20.9. The Morgan fingerprint density at radius 1 is 0.305 bits per heavy atom. The van der Waals surface area contributed by atoms with E-state index in [1.807, 2.05) is 0 Å². The summed E-state index contributed by atoms with van der Waals surface area (Å²) in [6.45, 7) is 4.79. The van der Waals surface area contributed by atoms with E-state index in [1.165, 1.54) is 100 Å². The summed E-state index contributed by atoms with van der Waals surface area (Å²) in [4.78, 5) is 0. The Labute approximate surface area is 348 Å². The quantitative estimate of drug-likeness (QED) is 0.159. The van der Waals surface area contributed by atoms with Gasteiger partial charge in [-0.2, -0.15) is 0 Å². The molecule has 0 aromatic heterocycles. The first-order valence-corrected chi connectivity index (χ1v) is 20.9. The molecule has 0 saturated heterocycles. The molecule has 0 N–H and O–H groups in total. The zero-order valence-corrected chi connectivity index (χ0v) is 33.5. The summed E-state index contributed by atoms with van der Waals surface area (Å²) in [6, 6.07) is 81.3. The lowest BCUT2D eigenvalue weighted by Crippen LogP contribution is -2.40. The van der Waals surface area contributed by atoms with Crippen molar-refractivity contribution in [1.82, 2.24) is 0 Å². The number of hydrogen-bond acceptors (Lipinski definition) is 0. The Balaban J connectivity index is 1.00. The minimum atomic E-state index is -0.419. The zero-order valence-electron chi connectivity index (χ0n) is 33.5. The molecule has 0 heterocycles. The maximum absolute atomic E-state index is 2.48. The van der Waals surface area contributed by atoms with Crippen molar-refractivity contribution < 1.29 is 0 Å². The molecule has 0 radical (unpaired) electrons. The molecule has 9 aromatic rings. The maximum atomic E-state index is 2.48. The molecule has 0 heteroatoms. The van der Waals surface area contributed by atoms with Crippen molar-refractivity contribution >= 4 is 0 Å². The molecule has 0 unspecified atom stereocenters. The van der Waals surface area contributed by atoms with Crippen LogP contribution in [0.2, 0.25) is 0 Å². The Bertz CT molecular complexity index is 2950. The fourth-order valence-corrected chi connectivity index (χ4v) is 10.4. The molecule has 9 aromatic carbocycles. The van der Waals surface area contributed by atoms with Crippen LogP contribution in [0.1, 0.15) is 58.4 Å². The topological polar surface area (TPSA) is 0 Å². The lowest BCUT2D eigenvalue weighted by molar-refractivity contribution is 0.563. The normalized spacial score (nSPS) is 13.9. The van der Waals surface area contributed by atoms with E-state index in [0.717, 1.165) is 6.42 Å². The summed E-state index contributed by atoms with van der Waals surface area (Å²) in [5.41, 5.74) is 23.0. The Hall–Kier alpha value is -7.02. The summed E-state index contributed by atoms with van der Waals surface area (Å²) >= 11 is 0. The molecule has 2 aliphatic rings. The summed E-state index contributed by atoms with van der Waals surface area (Å²) < 4.78 is 0. The highest BCUT2D eigenvalue weighted by molar-refractivity contribution is 5.92. The highest BCUT2D eigenvalue weighted by atomic mass is 14.5. The first kappa shape index (κ1) is 35.2. The lowest BCUT2D eigenvalue weighted by Gasteiger charge is -2.46. The second-order valence-corrected chi connectivity index (χ2v) is 16.8. The van der Waals surface area contributed by atoms with Gasteiger partial charge in [-0.15, -0.1) is 0 Å². The molecule has 0 atom stereocenters. The summed E-state index contributed by atoms with van der Waals surface area (Å²) in [7, 11) is 0. The van der Waals surface area contributed by atoms with E-state index in [1.54, 1.807) is 0 Å². The van der Waals surface area contributed by atoms with Gasteiger partial charge in [0.2, 0.25) is 0 Å². The van der Waals surface area contributed by atoms with E-state index in [-0.39, 0.29) is 5.41 Å². The third kappa shape index (κ3) is 5.59. The molecule has 2 aliphatic carbocycles. The van der Waals surface area contributed by atoms with Gasteiger partial charge in [-0.25, -0.2) is 0 Å². The third-order valence-corrected chi connectivity index (χ3v) is 13.2. The number of benzene rings is 9. The molecule has 1 spiro atoms. The monoisotopic (exact) mass is 752 g/mol. The van der Waals surface area contributed by atoms with Crippen molar-refractivity contribution in [3.8, 4) is 55.6 Å². The maximum Gasteiger partial charge on any atom is 0.0719 e. The van der Waals surface area contributed by atoms with E-state index < -0.39 is 5.41 Å². The summed E-state index contributed by atoms with van der Waals surface area (Å²) in [6.07, 6.45) is 0.879. The van der Waals surface area contributed by atoms with Gasteiger partial charge < -0.3 is 0 Å². The fraction of sp³-hybridized carbons (Fsp3) is 0.0847. The van der Waals surface area contributed by atoms with Gasteiger partial charge in [0.15, 0.2) is 0 Å². The van der Waals surface area contributed by atoms with Crippen LogP contribution in [0.4, 0.5) is 0 Å². The van der Waals surface area contributed by atoms with Crippen molar-refractivity contribution in [2.24, 2.45) is 0 Å². The van der Waals surface area contributed by atoms with E-state index in [9.17, 15) is 0 Å². The van der Waals surface area contributed by atoms with Gasteiger partial charge in [-0.1, -0.05) is 220 Å². The largest absolute Gasteiger partial charge is 0.0719 e. The van der Waals surface area contributed by atoms with Crippen LogP contribution in [0.15, 0.2) is 218 Å². The molecule has 11 rings (SSSR count). The molecule has 280 valence electrons. The molecule has 0 nitrogen and oxygen atoms in total. The smallest absolute Gasteiger partial charge is 0.0622 e. The second-order valence-electron chi connectivity index (χ2n) is 16.8. The predicted molar refractivity (Wildman–Crippen MR) is 247 cm³/mol. The standard InChI is InChI=1S/C59H44/c1-58(2)52-22-9-11-24-54(52)59(55-25-12-10-23-53(55)58)51-36-35-48(39-50(51)57-49(21-14-26-56(57)59)37-40-15-5-3-6-16-40)45-33-29-43(30-34-45)42-27-31-44(32-28-42)47-20-13-19-46(38-47)41-17-7-4-8-18-41/h3-36,38-39H,37H2,1-2H3. The van der Waals surface area contributed by atoms with Crippen LogP contribution in [0, 0.1) is 0 Å². The van der Waals surface area contributed by atoms with Crippen LogP contribution in [0.3, 0.4) is 0 Å². The highest BCUT2D eigenvalue weighted by Crippen LogP contribution is 2.63. The van der Waals surface area contributed by atoms with Gasteiger partial charge in [0, 0.05) is 5.41 Å². The van der Waals surface area contributed by atoms with Crippen LogP contribution in [-0.2, 0) is 17.3 Å². The highest BCUT2D eigenvalue weighted by Gasteiger charge is 2.53. The molecular weight excluding hydrogens is 709 g/mol. The van der Waals surface area contributed by atoms with Crippen molar-refractivity contribution in [3.05, 3.63) is 263 Å². The van der Waals surface area contributed by atoms with Crippen LogP contribution >= 0.6 is 0 Å². The van der Waals surface area contributed by atoms with Gasteiger partial charge in [0.25, 0.3) is 0 Å². The lowest BCUT2D eigenvalue weighted by atomic mass is 9.55. The van der Waals surface area contributed by atoms with Crippen molar-refractivity contribution in [2.75, 3.05) is 0 Å². The first-order chi connectivity index (χ1) is 29.0. The van der Waals surface area contributed by atoms with Gasteiger partial charge in [0.05, 0.1) is 5.41 Å². The number of rotatable bonds is 6. The SMILES string of the molecule is CC1(C)c2ccccc2C2(c3ccc(-c4ccc(-c5ccc(-c6cccc(-c7ccccc7)c6)cc5)cc4)cc3-c3c(Cc4ccccc4)cccc32)c2ccccc21. The minimum Gasteiger partial charge on any atom is -0.0622 e. The molecule has 0 amide bonds. The Kier molecular flexibility index (Phi) is 8.24. The summed E-state index contributed by atoms with van der Waals surface area (Å²) in [5, 5.41) is 0. The molecule has 59 heavy (non-hydrogen) atoms. The van der Waals surface area contributed by atoms with E-state index in [4.69, 9.17) is 0 Å². The van der Waals surface area contributed by atoms with Crippen LogP contribution < -0.4 is 0 Å². The molecular formula is C59H44. The van der Waals surface area contributed by atoms with Crippen molar-refractivity contribution in [1.29, 1.82) is 0 Å². The van der Waals surface area contributed by atoms with Crippen molar-refractivity contribution in [2.45, 2.75) is 31.1 Å². The van der Waals surface area contributed by atoms with Crippen LogP contribution in [0.5, 0.6) is 0 Å². The fourth-order valence-electron chi connectivity index (χ4n) is 10.4. The average molecular weight is 753 g/mol. The Morgan fingerprint density at radius 2 is 0.712 bits per heavy atom. The van der Waals surface area contributed by atoms with Crippen molar-refractivity contribution in [3.63, 3.8) is 0 Å². The minimum absolute atomic E-state index is 0.127. The van der Waals surface area contributed by atoms with Gasteiger partial charge >= 0.3 is 0 Å². The molecule has 0 bridgehead atoms. The zero-order chi connectivity index (χ0) is 39.6. The van der Waals surface area contributed by atoms with E-state index in [0.29, 0.717) is 0 Å². The van der Waals surface area contributed by atoms with Gasteiger partial charge in [0.1, 0.15) is 0 Å². The van der Waals surface area contributed by atoms with E-state index >= 15 is 0 Å². The molecule has 0 aliphatic heterocycles. The van der Waals surface area contributed by atoms with E-state index in [2.05, 4.69) is 232 Å². The second kappa shape index (κ2) is 13.8. The van der Waals surface area contributed by atoms with Crippen LogP contribution in [0.25, 0.3) is 55.6 Å². The summed E-state index contributed by atoms with van der Waals surface area (Å²) in [5.74, 6) is 0. The molecule has 0 saturated carbocycles. The number of fused-ring (bicyclic) bond motifs is 9. The number of hydrogen-bond donors (Lipinski definition) is 0. The predicted octanol–water partition coefficient (Wildman–Crippen LogP) is 14.9.